The molecule has 0 aliphatic heterocycles. The van der Waals surface area contributed by atoms with Crippen LogP contribution in [0.25, 0.3) is 0 Å². The van der Waals surface area contributed by atoms with Crippen LogP contribution in [0.1, 0.15) is 16.8 Å². The van der Waals surface area contributed by atoms with Gasteiger partial charge in [-0.2, -0.15) is 0 Å². The number of nitrogens with one attached hydrogen (secondary N) is 2. The number of carbonyl (C=O) groups excluding carboxylic acids is 1. The number of aromatic carboxylic acids is 1. The zero-order valence-corrected chi connectivity index (χ0v) is 13.8. The number of aromatic nitrogens is 2. The molecule has 0 saturated heterocycles. The van der Waals surface area contributed by atoms with Gasteiger partial charge in [-0.05, 0) is 35.2 Å². The molecule has 24 heavy (non-hydrogen) atoms. The fourth-order valence-electron chi connectivity index (χ4n) is 1.87. The first-order valence-corrected chi connectivity index (χ1v) is 7.82. The second-order valence-corrected chi connectivity index (χ2v) is 5.80. The summed E-state index contributed by atoms with van der Waals surface area (Å²) in [5.74, 6) is -0.738. The van der Waals surface area contributed by atoms with E-state index in [0.29, 0.717) is 16.5 Å². The van der Waals surface area contributed by atoms with Crippen LogP contribution in [0.5, 0.6) is 5.75 Å². The van der Waals surface area contributed by atoms with Crippen LogP contribution in [0, 0.1) is 0 Å². The van der Waals surface area contributed by atoms with Crippen molar-refractivity contribution in [3.8, 4) is 5.75 Å². The van der Waals surface area contributed by atoms with E-state index in [-0.39, 0.29) is 23.6 Å². The van der Waals surface area contributed by atoms with Gasteiger partial charge in [0.1, 0.15) is 5.75 Å². The monoisotopic (exact) mass is 354 g/mol. The van der Waals surface area contributed by atoms with Crippen molar-refractivity contribution in [1.82, 2.24) is 5.27 Å². The van der Waals surface area contributed by atoms with Gasteiger partial charge in [0.25, 0.3) is 0 Å². The van der Waals surface area contributed by atoms with Crippen molar-refractivity contribution >= 4 is 29.3 Å². The minimum Gasteiger partial charge on any atom is -0.495 e. The highest BCUT2D eigenvalue weighted by molar-refractivity contribution is 7.99. The molecule has 0 bridgehead atoms. The average Bonchev–Trinajstić information content (AvgIpc) is 2.86. The largest absolute Gasteiger partial charge is 0.495 e. The lowest BCUT2D eigenvalue weighted by atomic mass is 10.2. The van der Waals surface area contributed by atoms with Gasteiger partial charge in [-0.3, -0.25) is 9.32 Å². The number of hydrogen-bond donors (Lipinski definition) is 3. The summed E-state index contributed by atoms with van der Waals surface area (Å²) in [7, 11) is 3.01. The van der Waals surface area contributed by atoms with Crippen LogP contribution >= 0.6 is 11.8 Å². The maximum Gasteiger partial charge on any atom is 0.441 e. The van der Waals surface area contributed by atoms with E-state index < -0.39 is 11.6 Å². The number of aryl methyl sites for hydroxylation is 1. The van der Waals surface area contributed by atoms with E-state index in [9.17, 15) is 14.4 Å². The number of amides is 1. The Labute approximate surface area is 140 Å². The van der Waals surface area contributed by atoms with Crippen LogP contribution in [0.15, 0.2) is 32.5 Å². The van der Waals surface area contributed by atoms with Gasteiger partial charge in [-0.15, -0.1) is 0 Å². The molecule has 1 aromatic carbocycles. The SMILES string of the molecule is COc1cc(C(=O)O)ccc1NC(=O)CCSc1c(=O)o[nH][n+]1C. The number of anilines is 1. The van der Waals surface area contributed by atoms with Gasteiger partial charge >= 0.3 is 16.6 Å². The van der Waals surface area contributed by atoms with Gasteiger partial charge in [-0.25, -0.2) is 9.59 Å². The molecule has 0 unspecified atom stereocenters. The normalized spacial score (nSPS) is 10.4. The fraction of sp³-hybridized carbons (Fsp3) is 0.286. The molecule has 0 fully saturated rings. The highest BCUT2D eigenvalue weighted by atomic mass is 32.2. The van der Waals surface area contributed by atoms with E-state index in [4.69, 9.17) is 9.84 Å². The number of methoxy groups -OCH3 is 1. The quantitative estimate of drug-likeness (QED) is 0.491. The molecule has 2 aromatic rings. The van der Waals surface area contributed by atoms with Crippen LogP contribution in [0.2, 0.25) is 0 Å². The van der Waals surface area contributed by atoms with E-state index >= 15 is 0 Å². The molecule has 9 nitrogen and oxygen atoms in total. The average molecular weight is 354 g/mol. The number of benzene rings is 1. The zero-order valence-electron chi connectivity index (χ0n) is 13.0. The van der Waals surface area contributed by atoms with Gasteiger partial charge < -0.3 is 15.2 Å². The Balaban J connectivity index is 1.95. The number of thioether (sulfide) groups is 1. The molecule has 1 aromatic heterocycles. The van der Waals surface area contributed by atoms with Crippen LogP contribution in [-0.4, -0.2) is 35.1 Å². The third-order valence-corrected chi connectivity index (χ3v) is 4.17. The Morgan fingerprint density at radius 1 is 1.46 bits per heavy atom. The standard InChI is InChI=1S/C14H15N3O6S/c1-17-12(14(21)23-16-17)24-6-5-11(18)15-9-4-3-8(13(19)20)7-10(9)22-2/h3-4,7H,5-6H2,1-2H3,(H2-,15,16,18,19,20,21)/p+1. The highest BCUT2D eigenvalue weighted by Gasteiger charge is 2.18. The molecule has 0 aliphatic carbocycles. The Kier molecular flexibility index (Phi) is 5.64. The summed E-state index contributed by atoms with van der Waals surface area (Å²) < 4.78 is 11.1. The molecular formula is C14H16N3O6S+. The zero-order chi connectivity index (χ0) is 17.7. The second-order valence-electron chi connectivity index (χ2n) is 4.71. The van der Waals surface area contributed by atoms with Crippen molar-refractivity contribution in [3.63, 3.8) is 0 Å². The molecule has 0 aliphatic rings. The van der Waals surface area contributed by atoms with Gasteiger partial charge in [-0.1, -0.05) is 4.68 Å². The number of carboxylic acid groups (broad SMARTS) is 1. The molecule has 128 valence electrons. The molecule has 1 heterocycles. The maximum atomic E-state index is 12.0. The molecule has 3 N–H and O–H groups in total. The molecule has 0 spiro atoms. The van der Waals surface area contributed by atoms with Gasteiger partial charge in [0.2, 0.25) is 5.91 Å². The van der Waals surface area contributed by atoms with Gasteiger partial charge in [0.05, 0.1) is 18.4 Å². The number of ether oxygens (including phenoxy) is 1. The van der Waals surface area contributed by atoms with E-state index in [1.54, 1.807) is 7.05 Å². The van der Waals surface area contributed by atoms with Crippen LogP contribution in [0.4, 0.5) is 5.69 Å². The Morgan fingerprint density at radius 3 is 2.79 bits per heavy atom. The van der Waals surface area contributed by atoms with Crippen LogP contribution < -0.4 is 20.4 Å². The summed E-state index contributed by atoms with van der Waals surface area (Å²) in [5, 5.41) is 14.4. The lowest BCUT2D eigenvalue weighted by molar-refractivity contribution is -0.772. The lowest BCUT2D eigenvalue weighted by Gasteiger charge is -2.10. The Hall–Kier alpha value is -2.75. The summed E-state index contributed by atoms with van der Waals surface area (Å²) in [5.41, 5.74) is -0.0508. The predicted octanol–water partition coefficient (Wildman–Crippen LogP) is 0.620. The van der Waals surface area contributed by atoms with E-state index in [1.807, 2.05) is 0 Å². The number of rotatable bonds is 7. The first-order valence-electron chi connectivity index (χ1n) is 6.84. The topological polar surface area (TPSA) is 126 Å². The fourth-order valence-corrected chi connectivity index (χ4v) is 2.74. The number of aromatic amines is 1. The molecule has 1 amide bonds. The Morgan fingerprint density at radius 2 is 2.21 bits per heavy atom. The Bertz CT molecular complexity index is 813. The van der Waals surface area contributed by atoms with Crippen molar-refractivity contribution in [2.75, 3.05) is 18.2 Å². The third-order valence-electron chi connectivity index (χ3n) is 3.04. The minimum atomic E-state index is -1.08. The summed E-state index contributed by atoms with van der Waals surface area (Å²) in [6, 6.07) is 4.17. The molecule has 0 saturated carbocycles. The van der Waals surface area contributed by atoms with E-state index in [0.717, 1.165) is 0 Å². The van der Waals surface area contributed by atoms with E-state index in [2.05, 4.69) is 15.1 Å². The number of nitrogens with zero attached hydrogens (tertiary/aromatic N) is 1. The van der Waals surface area contributed by atoms with Crippen molar-refractivity contribution < 1.29 is 28.6 Å². The molecule has 10 heteroatoms. The summed E-state index contributed by atoms with van der Waals surface area (Å²) >= 11 is 1.19. The molecular weight excluding hydrogens is 338 g/mol. The van der Waals surface area contributed by atoms with Crippen molar-refractivity contribution in [3.05, 3.63) is 34.2 Å². The lowest BCUT2D eigenvalue weighted by Crippen LogP contribution is -2.33. The maximum absolute atomic E-state index is 12.0. The van der Waals surface area contributed by atoms with E-state index in [1.165, 1.54) is 41.8 Å². The number of hydrogen-bond acceptors (Lipinski definition) is 6. The minimum absolute atomic E-state index is 0.0621. The predicted molar refractivity (Wildman–Crippen MR) is 84.4 cm³/mol. The first-order chi connectivity index (χ1) is 11.4. The highest BCUT2D eigenvalue weighted by Crippen LogP contribution is 2.26. The smallest absolute Gasteiger partial charge is 0.441 e. The van der Waals surface area contributed by atoms with Crippen molar-refractivity contribution in [2.45, 2.75) is 11.4 Å². The number of carboxylic acids is 1. The second kappa shape index (κ2) is 7.68. The van der Waals surface area contributed by atoms with Crippen molar-refractivity contribution in [1.29, 1.82) is 0 Å². The number of H-pyrrole nitrogens is 1. The molecule has 0 radical (unpaired) electrons. The first kappa shape index (κ1) is 17.6. The van der Waals surface area contributed by atoms with Gasteiger partial charge in [0, 0.05) is 12.2 Å². The van der Waals surface area contributed by atoms with Crippen molar-refractivity contribution in [2.24, 2.45) is 7.05 Å². The number of carbonyl (C=O) groups is 2. The molecule has 0 atom stereocenters. The van der Waals surface area contributed by atoms with Crippen LogP contribution in [0.3, 0.4) is 0 Å². The summed E-state index contributed by atoms with van der Waals surface area (Å²) in [6.07, 6.45) is 0.152. The molecule has 2 rings (SSSR count). The summed E-state index contributed by atoms with van der Waals surface area (Å²) in [6.45, 7) is 0. The third kappa shape index (κ3) is 4.16. The van der Waals surface area contributed by atoms with Crippen LogP contribution in [-0.2, 0) is 11.8 Å². The van der Waals surface area contributed by atoms with Gasteiger partial charge in [0.15, 0.2) is 7.05 Å². The summed E-state index contributed by atoms with van der Waals surface area (Å²) in [4.78, 5) is 34.3.